The van der Waals surface area contributed by atoms with Gasteiger partial charge in [-0.1, -0.05) is 80.5 Å². The van der Waals surface area contributed by atoms with Gasteiger partial charge in [0.05, 0.1) is 6.20 Å². The molecule has 0 N–H and O–H groups in total. The summed E-state index contributed by atoms with van der Waals surface area (Å²) in [6.07, 6.45) is 8.11. The van der Waals surface area contributed by atoms with Crippen LogP contribution in [0, 0.1) is 0 Å². The Morgan fingerprint density at radius 2 is 1.78 bits per heavy atom. The van der Waals surface area contributed by atoms with E-state index in [0.717, 1.165) is 11.3 Å². The molecule has 0 radical (unpaired) electrons. The van der Waals surface area contributed by atoms with Crippen molar-refractivity contribution < 1.29 is 13.3 Å². The van der Waals surface area contributed by atoms with E-state index in [9.17, 15) is 8.76 Å². The van der Waals surface area contributed by atoms with Gasteiger partial charge in [-0.25, -0.2) is 0 Å². The number of hydrogen-bond acceptors (Lipinski definition) is 4. The molecule has 0 aliphatic carbocycles. The van der Waals surface area contributed by atoms with Crippen LogP contribution < -0.4 is 0 Å². The highest BCUT2D eigenvalue weighted by molar-refractivity contribution is 7.79. The third-order valence-corrected chi connectivity index (χ3v) is 4.15. The molecule has 4 nitrogen and oxygen atoms in total. The Kier molecular flexibility index (Phi) is 9.48. The lowest BCUT2D eigenvalue weighted by atomic mass is 10.0. The van der Waals surface area contributed by atoms with Crippen molar-refractivity contribution in [2.75, 3.05) is 0 Å². The van der Waals surface area contributed by atoms with Crippen molar-refractivity contribution in [1.82, 2.24) is 5.16 Å². The van der Waals surface area contributed by atoms with Crippen LogP contribution in [0.3, 0.4) is 0 Å². The first kappa shape index (κ1) is 19.6. The standard InChI is InChI=1S/C15H19NO.C3H8O2S/c1-2-3-4-5-6-13-7-9-14(10-8-13)15-11-12-16-17-15;1-3(2)6(4)5/h7-12H,2-6H2,1H3;3H,1-2H3,(H,4,5)/p-1. The highest BCUT2D eigenvalue weighted by Gasteiger charge is 2.01. The van der Waals surface area contributed by atoms with E-state index in [1.54, 1.807) is 20.0 Å². The molecule has 0 bridgehead atoms. The maximum atomic E-state index is 9.70. The Morgan fingerprint density at radius 1 is 1.13 bits per heavy atom. The molecular weight excluding hydrogens is 310 g/mol. The topological polar surface area (TPSA) is 66.2 Å². The number of rotatable bonds is 7. The molecule has 1 aromatic heterocycles. The zero-order valence-corrected chi connectivity index (χ0v) is 15.0. The fourth-order valence-electron chi connectivity index (χ4n) is 1.96. The van der Waals surface area contributed by atoms with Crippen molar-refractivity contribution in [2.24, 2.45) is 0 Å². The van der Waals surface area contributed by atoms with Crippen LogP contribution in [-0.4, -0.2) is 19.2 Å². The van der Waals surface area contributed by atoms with Crippen LogP contribution in [0.15, 0.2) is 41.1 Å². The summed E-state index contributed by atoms with van der Waals surface area (Å²) in [6.45, 7) is 5.50. The normalized spacial score (nSPS) is 11.9. The van der Waals surface area contributed by atoms with Crippen molar-refractivity contribution in [3.05, 3.63) is 42.1 Å². The van der Waals surface area contributed by atoms with Crippen LogP contribution in [0.1, 0.15) is 52.0 Å². The van der Waals surface area contributed by atoms with Crippen molar-refractivity contribution in [2.45, 2.75) is 58.1 Å². The Labute approximate surface area is 141 Å². The predicted octanol–water partition coefficient (Wildman–Crippen LogP) is 4.74. The van der Waals surface area contributed by atoms with Gasteiger partial charge in [-0.3, -0.25) is 4.21 Å². The van der Waals surface area contributed by atoms with E-state index in [2.05, 4.69) is 36.3 Å². The van der Waals surface area contributed by atoms with Crippen molar-refractivity contribution in [3.63, 3.8) is 0 Å². The van der Waals surface area contributed by atoms with Crippen LogP contribution in [0.4, 0.5) is 0 Å². The van der Waals surface area contributed by atoms with Gasteiger partial charge < -0.3 is 9.08 Å². The van der Waals surface area contributed by atoms with E-state index in [-0.39, 0.29) is 5.25 Å². The Morgan fingerprint density at radius 3 is 2.26 bits per heavy atom. The average Bonchev–Trinajstić information content (AvgIpc) is 3.07. The zero-order valence-electron chi connectivity index (χ0n) is 14.2. The maximum absolute atomic E-state index is 9.70. The molecule has 0 aliphatic rings. The first-order valence-electron chi connectivity index (χ1n) is 8.12. The first-order valence-corrected chi connectivity index (χ1v) is 9.26. The third-order valence-electron chi connectivity index (χ3n) is 3.38. The zero-order chi connectivity index (χ0) is 17.1. The monoisotopic (exact) mass is 336 g/mol. The maximum Gasteiger partial charge on any atom is 0.166 e. The van der Waals surface area contributed by atoms with Gasteiger partial charge in [-0.05, 0) is 18.4 Å². The average molecular weight is 336 g/mol. The number of unbranched alkanes of at least 4 members (excludes halogenated alkanes) is 3. The molecule has 1 atom stereocenters. The Balaban J connectivity index is 0.000000379. The highest BCUT2D eigenvalue weighted by Crippen LogP contribution is 2.19. The van der Waals surface area contributed by atoms with Gasteiger partial charge in [0.15, 0.2) is 5.76 Å². The fraction of sp³-hybridized carbons (Fsp3) is 0.500. The number of hydrogen-bond donors (Lipinski definition) is 0. The quantitative estimate of drug-likeness (QED) is 0.541. The molecular formula is C18H26NO3S-. The molecule has 0 aliphatic heterocycles. The molecule has 0 saturated heterocycles. The van der Waals surface area contributed by atoms with Crippen molar-refractivity contribution in [3.8, 4) is 11.3 Å². The molecule has 0 saturated carbocycles. The summed E-state index contributed by atoms with van der Waals surface area (Å²) in [7, 11) is 0. The van der Waals surface area contributed by atoms with E-state index >= 15 is 0 Å². The summed E-state index contributed by atoms with van der Waals surface area (Å²) < 4.78 is 24.5. The second kappa shape index (κ2) is 11.1. The predicted molar refractivity (Wildman–Crippen MR) is 93.8 cm³/mol. The minimum absolute atomic E-state index is 0.231. The lowest BCUT2D eigenvalue weighted by Gasteiger charge is -2.05. The van der Waals surface area contributed by atoms with Crippen LogP contribution in [0.25, 0.3) is 11.3 Å². The van der Waals surface area contributed by atoms with E-state index in [1.807, 2.05) is 6.07 Å². The minimum Gasteiger partial charge on any atom is -0.772 e. The lowest BCUT2D eigenvalue weighted by Crippen LogP contribution is -2.02. The third kappa shape index (κ3) is 8.09. The summed E-state index contributed by atoms with van der Waals surface area (Å²) in [4.78, 5) is 0. The Hall–Kier alpha value is -1.46. The van der Waals surface area contributed by atoms with Gasteiger partial charge in [0.1, 0.15) is 0 Å². The SMILES string of the molecule is CC(C)S(=O)[O-].CCCCCCc1ccc(-c2ccno2)cc1. The molecule has 2 rings (SSSR count). The molecule has 0 fully saturated rings. The van der Waals surface area contributed by atoms with Gasteiger partial charge in [0.2, 0.25) is 0 Å². The summed E-state index contributed by atoms with van der Waals surface area (Å²) >= 11 is -1.87. The number of aromatic nitrogens is 1. The van der Waals surface area contributed by atoms with E-state index in [1.165, 1.54) is 37.7 Å². The van der Waals surface area contributed by atoms with Gasteiger partial charge >= 0.3 is 0 Å². The second-order valence-corrected chi connectivity index (χ2v) is 7.16. The summed E-state index contributed by atoms with van der Waals surface area (Å²) in [5.74, 6) is 0.836. The van der Waals surface area contributed by atoms with Crippen molar-refractivity contribution in [1.29, 1.82) is 0 Å². The molecule has 23 heavy (non-hydrogen) atoms. The van der Waals surface area contributed by atoms with E-state index in [0.29, 0.717) is 0 Å². The van der Waals surface area contributed by atoms with Crippen molar-refractivity contribution >= 4 is 11.1 Å². The minimum atomic E-state index is -1.87. The summed E-state index contributed by atoms with van der Waals surface area (Å²) in [6, 6.07) is 10.5. The lowest BCUT2D eigenvalue weighted by molar-refractivity contribution is 0.432. The van der Waals surface area contributed by atoms with Crippen LogP contribution in [0.2, 0.25) is 0 Å². The largest absolute Gasteiger partial charge is 0.772 e. The molecule has 0 spiro atoms. The molecule has 1 unspecified atom stereocenters. The number of benzene rings is 1. The number of aryl methyl sites for hydroxylation is 1. The van der Waals surface area contributed by atoms with Gasteiger partial charge in [0, 0.05) is 16.9 Å². The number of nitrogens with zero attached hydrogens (tertiary/aromatic N) is 1. The van der Waals surface area contributed by atoms with Gasteiger partial charge in [-0.2, -0.15) is 0 Å². The summed E-state index contributed by atoms with van der Waals surface area (Å²) in [5.41, 5.74) is 2.50. The Bertz CT molecular complexity index is 550. The molecule has 0 amide bonds. The first-order chi connectivity index (χ1) is 11.0. The smallest absolute Gasteiger partial charge is 0.166 e. The van der Waals surface area contributed by atoms with Crippen LogP contribution >= 0.6 is 0 Å². The molecule has 2 aromatic rings. The highest BCUT2D eigenvalue weighted by atomic mass is 32.2. The van der Waals surface area contributed by atoms with E-state index < -0.39 is 11.1 Å². The van der Waals surface area contributed by atoms with Crippen LogP contribution in [-0.2, 0) is 17.5 Å². The van der Waals surface area contributed by atoms with Gasteiger partial charge in [0.25, 0.3) is 0 Å². The second-order valence-electron chi connectivity index (χ2n) is 5.69. The molecule has 1 heterocycles. The molecule has 128 valence electrons. The van der Waals surface area contributed by atoms with E-state index in [4.69, 9.17) is 4.52 Å². The molecule has 5 heteroatoms. The van der Waals surface area contributed by atoms with Gasteiger partial charge in [-0.15, -0.1) is 0 Å². The summed E-state index contributed by atoms with van der Waals surface area (Å²) in [5, 5.41) is 3.48. The van der Waals surface area contributed by atoms with Crippen LogP contribution in [0.5, 0.6) is 0 Å². The molecule has 1 aromatic carbocycles. The fourth-order valence-corrected chi connectivity index (χ4v) is 1.96.